The Labute approximate surface area is 178 Å². The van der Waals surface area contributed by atoms with E-state index in [1.54, 1.807) is 6.20 Å². The van der Waals surface area contributed by atoms with Gasteiger partial charge in [0.05, 0.1) is 0 Å². The number of aliphatic hydroxyl groups is 1. The summed E-state index contributed by atoms with van der Waals surface area (Å²) in [6.45, 7) is 4.23. The minimum Gasteiger partial charge on any atom is -0.491 e. The van der Waals surface area contributed by atoms with Crippen molar-refractivity contribution in [3.05, 3.63) is 95.3 Å². The SMILES string of the molecule is O[C@@H](COc1ccccc1CNCc1cccnc1)CN1CCc2ccccc2C1. The van der Waals surface area contributed by atoms with Gasteiger partial charge in [-0.15, -0.1) is 0 Å². The zero-order valence-electron chi connectivity index (χ0n) is 17.2. The number of benzene rings is 2. The zero-order valence-corrected chi connectivity index (χ0v) is 17.2. The highest BCUT2D eigenvalue weighted by atomic mass is 16.5. The van der Waals surface area contributed by atoms with Crippen LogP contribution in [0, 0.1) is 0 Å². The molecule has 2 N–H and O–H groups in total. The highest BCUT2D eigenvalue weighted by molar-refractivity contribution is 5.33. The lowest BCUT2D eigenvalue weighted by atomic mass is 10.00. The monoisotopic (exact) mass is 403 g/mol. The minimum atomic E-state index is -0.522. The molecule has 3 aromatic rings. The molecule has 5 heteroatoms. The second-order valence-electron chi connectivity index (χ2n) is 7.79. The standard InChI is InChI=1S/C25H29N3O2/c29-24(18-28-13-11-21-7-1-2-9-23(21)17-28)19-30-25-10-4-3-8-22(25)16-27-15-20-6-5-12-26-14-20/h1-10,12,14,24,27,29H,11,13,15-19H2/t24-/m1/s1. The number of nitrogens with one attached hydrogen (secondary N) is 1. The van der Waals surface area contributed by atoms with E-state index in [-0.39, 0.29) is 6.61 Å². The quantitative estimate of drug-likeness (QED) is 0.575. The van der Waals surface area contributed by atoms with E-state index in [0.717, 1.165) is 42.9 Å². The van der Waals surface area contributed by atoms with Crippen LogP contribution in [0.25, 0.3) is 0 Å². The van der Waals surface area contributed by atoms with E-state index in [9.17, 15) is 5.11 Å². The number of para-hydroxylation sites is 1. The molecular weight excluding hydrogens is 374 g/mol. The van der Waals surface area contributed by atoms with Gasteiger partial charge in [0.15, 0.2) is 0 Å². The summed E-state index contributed by atoms with van der Waals surface area (Å²) >= 11 is 0. The maximum absolute atomic E-state index is 10.5. The summed E-state index contributed by atoms with van der Waals surface area (Å²) in [5.41, 5.74) is 5.02. The average molecular weight is 404 g/mol. The van der Waals surface area contributed by atoms with Crippen molar-refractivity contribution in [1.29, 1.82) is 0 Å². The number of rotatable bonds is 9. The first-order valence-electron chi connectivity index (χ1n) is 10.6. The lowest BCUT2D eigenvalue weighted by Crippen LogP contribution is -2.38. The number of β-amino-alcohol motifs (C(OH)–C–C–N with tert-alkyl or cyclic N) is 1. The minimum absolute atomic E-state index is 0.289. The molecule has 30 heavy (non-hydrogen) atoms. The van der Waals surface area contributed by atoms with E-state index < -0.39 is 6.10 Å². The number of hydrogen-bond acceptors (Lipinski definition) is 5. The Bertz CT molecular complexity index is 932. The molecule has 0 unspecified atom stereocenters. The van der Waals surface area contributed by atoms with Crippen LogP contribution >= 0.6 is 0 Å². The molecule has 0 spiro atoms. The van der Waals surface area contributed by atoms with Gasteiger partial charge in [0, 0.05) is 50.7 Å². The zero-order chi connectivity index (χ0) is 20.6. The summed E-state index contributed by atoms with van der Waals surface area (Å²) in [5.74, 6) is 0.819. The van der Waals surface area contributed by atoms with E-state index >= 15 is 0 Å². The third kappa shape index (κ3) is 5.66. The Balaban J connectivity index is 1.25. The molecule has 1 aromatic heterocycles. The number of pyridine rings is 1. The summed E-state index contributed by atoms with van der Waals surface area (Å²) in [4.78, 5) is 6.44. The Morgan fingerprint density at radius 2 is 1.83 bits per heavy atom. The Morgan fingerprint density at radius 1 is 1.00 bits per heavy atom. The van der Waals surface area contributed by atoms with Gasteiger partial charge in [-0.1, -0.05) is 48.5 Å². The number of aliphatic hydroxyl groups excluding tert-OH is 1. The Morgan fingerprint density at radius 3 is 2.70 bits per heavy atom. The van der Waals surface area contributed by atoms with E-state index in [0.29, 0.717) is 13.1 Å². The van der Waals surface area contributed by atoms with Crippen LogP contribution < -0.4 is 10.1 Å². The predicted octanol–water partition coefficient (Wildman–Crippen LogP) is 3.17. The van der Waals surface area contributed by atoms with Crippen molar-refractivity contribution in [2.75, 3.05) is 19.7 Å². The maximum Gasteiger partial charge on any atom is 0.123 e. The molecule has 1 atom stereocenters. The second kappa shape index (κ2) is 10.3. The lowest BCUT2D eigenvalue weighted by Gasteiger charge is -2.30. The van der Waals surface area contributed by atoms with Crippen LogP contribution in [0.2, 0.25) is 0 Å². The number of fused-ring (bicyclic) bond motifs is 1. The van der Waals surface area contributed by atoms with E-state index in [1.807, 2.05) is 30.5 Å². The van der Waals surface area contributed by atoms with Gasteiger partial charge in [-0.3, -0.25) is 9.88 Å². The molecule has 1 aliphatic heterocycles. The van der Waals surface area contributed by atoms with Crippen LogP contribution in [0.1, 0.15) is 22.3 Å². The molecule has 2 aromatic carbocycles. The molecule has 1 aliphatic rings. The van der Waals surface area contributed by atoms with Gasteiger partial charge in [-0.05, 0) is 35.2 Å². The van der Waals surface area contributed by atoms with Gasteiger partial charge < -0.3 is 15.2 Å². The topological polar surface area (TPSA) is 57.6 Å². The van der Waals surface area contributed by atoms with E-state index in [1.165, 1.54) is 11.1 Å². The summed E-state index contributed by atoms with van der Waals surface area (Å²) in [5, 5.41) is 14.0. The van der Waals surface area contributed by atoms with Crippen LogP contribution in [-0.4, -0.2) is 40.8 Å². The summed E-state index contributed by atoms with van der Waals surface area (Å²) in [6.07, 6.45) is 4.16. The van der Waals surface area contributed by atoms with Crippen molar-refractivity contribution < 1.29 is 9.84 Å². The van der Waals surface area contributed by atoms with Crippen LogP contribution in [0.3, 0.4) is 0 Å². The lowest BCUT2D eigenvalue weighted by molar-refractivity contribution is 0.0634. The van der Waals surface area contributed by atoms with Crippen molar-refractivity contribution in [2.45, 2.75) is 32.2 Å². The fourth-order valence-corrected chi connectivity index (χ4v) is 3.88. The molecule has 0 amide bonds. The summed E-state index contributed by atoms with van der Waals surface area (Å²) in [6, 6.07) is 20.5. The highest BCUT2D eigenvalue weighted by Crippen LogP contribution is 2.20. The summed E-state index contributed by atoms with van der Waals surface area (Å²) in [7, 11) is 0. The van der Waals surface area contributed by atoms with Gasteiger partial charge >= 0.3 is 0 Å². The van der Waals surface area contributed by atoms with Crippen LogP contribution in [-0.2, 0) is 26.1 Å². The molecule has 0 saturated heterocycles. The van der Waals surface area contributed by atoms with Crippen molar-refractivity contribution in [2.24, 2.45) is 0 Å². The molecule has 4 rings (SSSR count). The van der Waals surface area contributed by atoms with Crippen molar-refractivity contribution in [3.63, 3.8) is 0 Å². The third-order valence-electron chi connectivity index (χ3n) is 5.45. The van der Waals surface area contributed by atoms with Crippen molar-refractivity contribution >= 4 is 0 Å². The van der Waals surface area contributed by atoms with Crippen LogP contribution in [0.15, 0.2) is 73.1 Å². The summed E-state index contributed by atoms with van der Waals surface area (Å²) < 4.78 is 5.98. The number of aromatic nitrogens is 1. The predicted molar refractivity (Wildman–Crippen MR) is 118 cm³/mol. The number of hydrogen-bond donors (Lipinski definition) is 2. The molecule has 0 saturated carbocycles. The molecule has 156 valence electrons. The third-order valence-corrected chi connectivity index (χ3v) is 5.45. The van der Waals surface area contributed by atoms with E-state index in [2.05, 4.69) is 51.6 Å². The van der Waals surface area contributed by atoms with Gasteiger partial charge in [0.1, 0.15) is 18.5 Å². The number of ether oxygens (including phenoxy) is 1. The van der Waals surface area contributed by atoms with Gasteiger partial charge in [-0.2, -0.15) is 0 Å². The Kier molecular flexibility index (Phi) is 7.08. The second-order valence-corrected chi connectivity index (χ2v) is 7.79. The first kappa shape index (κ1) is 20.5. The van der Waals surface area contributed by atoms with Crippen molar-refractivity contribution in [3.8, 4) is 5.75 Å². The molecule has 5 nitrogen and oxygen atoms in total. The molecule has 0 fully saturated rings. The first-order valence-corrected chi connectivity index (χ1v) is 10.6. The molecule has 0 aliphatic carbocycles. The Hall–Kier alpha value is -2.73. The maximum atomic E-state index is 10.5. The molecule has 2 heterocycles. The fourth-order valence-electron chi connectivity index (χ4n) is 3.88. The molecular formula is C25H29N3O2. The van der Waals surface area contributed by atoms with Crippen LogP contribution in [0.5, 0.6) is 5.75 Å². The first-order chi connectivity index (χ1) is 14.8. The average Bonchev–Trinajstić information content (AvgIpc) is 2.79. The van der Waals surface area contributed by atoms with Gasteiger partial charge in [-0.25, -0.2) is 0 Å². The van der Waals surface area contributed by atoms with E-state index in [4.69, 9.17) is 4.74 Å². The smallest absolute Gasteiger partial charge is 0.123 e. The van der Waals surface area contributed by atoms with Gasteiger partial charge in [0.25, 0.3) is 0 Å². The van der Waals surface area contributed by atoms with Crippen molar-refractivity contribution in [1.82, 2.24) is 15.2 Å². The number of nitrogens with zero attached hydrogens (tertiary/aromatic N) is 2. The normalized spacial score (nSPS) is 14.8. The molecule has 0 bridgehead atoms. The van der Waals surface area contributed by atoms with Gasteiger partial charge in [0.2, 0.25) is 0 Å². The fraction of sp³-hybridized carbons (Fsp3) is 0.320. The van der Waals surface area contributed by atoms with Crippen LogP contribution in [0.4, 0.5) is 0 Å². The molecule has 0 radical (unpaired) electrons. The largest absolute Gasteiger partial charge is 0.491 e. The highest BCUT2D eigenvalue weighted by Gasteiger charge is 2.19.